The van der Waals surface area contributed by atoms with Gasteiger partial charge in [0.25, 0.3) is 11.8 Å². The smallest absolute Gasteiger partial charge is 0.336 e. The standard InChI is InChI=1S/C23H19NO6/c1-13-7-8-16-15(11-20(26)30-21(16)14(13)2)12-29-19(25)9-10-24-22(27)17-5-3-4-6-18(17)23(24)28/h3-8,11H,9-10,12H2,1-2H3. The average Bonchev–Trinajstić information content (AvgIpc) is 2.98. The predicted octanol–water partition coefficient (Wildman–Crippen LogP) is 3.14. The third-order valence-electron chi connectivity index (χ3n) is 5.32. The van der Waals surface area contributed by atoms with Crippen molar-refractivity contribution in [3.8, 4) is 0 Å². The van der Waals surface area contributed by atoms with Gasteiger partial charge in [0.15, 0.2) is 0 Å². The summed E-state index contributed by atoms with van der Waals surface area (Å²) in [6, 6.07) is 11.6. The van der Waals surface area contributed by atoms with Gasteiger partial charge in [-0.1, -0.05) is 24.3 Å². The average molecular weight is 405 g/mol. The first-order valence-electron chi connectivity index (χ1n) is 9.50. The van der Waals surface area contributed by atoms with Gasteiger partial charge >= 0.3 is 11.6 Å². The molecular weight excluding hydrogens is 386 g/mol. The first-order chi connectivity index (χ1) is 14.4. The summed E-state index contributed by atoms with van der Waals surface area (Å²) in [5.74, 6) is -1.40. The van der Waals surface area contributed by atoms with Crippen LogP contribution in [0.25, 0.3) is 11.0 Å². The van der Waals surface area contributed by atoms with E-state index in [9.17, 15) is 19.2 Å². The zero-order chi connectivity index (χ0) is 21.4. The van der Waals surface area contributed by atoms with Crippen molar-refractivity contribution in [3.63, 3.8) is 0 Å². The number of nitrogens with zero attached hydrogens (tertiary/aromatic N) is 1. The number of hydrogen-bond acceptors (Lipinski definition) is 6. The lowest BCUT2D eigenvalue weighted by Crippen LogP contribution is -2.32. The van der Waals surface area contributed by atoms with E-state index in [1.807, 2.05) is 26.0 Å². The molecule has 4 rings (SSSR count). The van der Waals surface area contributed by atoms with Gasteiger partial charge < -0.3 is 9.15 Å². The molecule has 0 N–H and O–H groups in total. The van der Waals surface area contributed by atoms with E-state index >= 15 is 0 Å². The van der Waals surface area contributed by atoms with Crippen molar-refractivity contribution in [1.29, 1.82) is 0 Å². The van der Waals surface area contributed by atoms with Crippen molar-refractivity contribution < 1.29 is 23.5 Å². The molecule has 0 saturated heterocycles. The maximum Gasteiger partial charge on any atom is 0.336 e. The van der Waals surface area contributed by atoms with Gasteiger partial charge in [0, 0.05) is 23.6 Å². The number of aryl methyl sites for hydroxylation is 2. The summed E-state index contributed by atoms with van der Waals surface area (Å²) in [7, 11) is 0. The fraction of sp³-hybridized carbons (Fsp3) is 0.217. The molecule has 2 amide bonds. The molecule has 0 aliphatic carbocycles. The number of carbonyl (C=O) groups excluding carboxylic acids is 3. The number of fused-ring (bicyclic) bond motifs is 2. The largest absolute Gasteiger partial charge is 0.461 e. The van der Waals surface area contributed by atoms with E-state index in [2.05, 4.69) is 0 Å². The lowest BCUT2D eigenvalue weighted by atomic mass is 10.0. The Labute approximate surface area is 171 Å². The van der Waals surface area contributed by atoms with Crippen LogP contribution in [0.2, 0.25) is 0 Å². The molecule has 0 saturated carbocycles. The van der Waals surface area contributed by atoms with Crippen LogP contribution >= 0.6 is 0 Å². The maximum atomic E-state index is 12.4. The van der Waals surface area contributed by atoms with Crippen LogP contribution in [0.4, 0.5) is 0 Å². The number of hydrogen-bond donors (Lipinski definition) is 0. The zero-order valence-electron chi connectivity index (χ0n) is 16.6. The summed E-state index contributed by atoms with van der Waals surface area (Å²) in [5, 5.41) is 0.700. The Hall–Kier alpha value is -3.74. The molecule has 152 valence electrons. The van der Waals surface area contributed by atoms with Crippen LogP contribution in [0.1, 0.15) is 43.8 Å². The van der Waals surface area contributed by atoms with E-state index in [1.165, 1.54) is 6.07 Å². The molecule has 0 atom stereocenters. The third kappa shape index (κ3) is 3.39. The molecule has 30 heavy (non-hydrogen) atoms. The molecule has 2 heterocycles. The molecule has 0 fully saturated rings. The summed E-state index contributed by atoms with van der Waals surface area (Å²) in [5.41, 5.74) is 3.00. The molecule has 2 aromatic carbocycles. The summed E-state index contributed by atoms with van der Waals surface area (Å²) in [4.78, 5) is 49.9. The molecule has 1 aromatic heterocycles. The second-order valence-electron chi connectivity index (χ2n) is 7.19. The van der Waals surface area contributed by atoms with Gasteiger partial charge in [0.1, 0.15) is 12.2 Å². The molecule has 1 aliphatic rings. The second-order valence-corrected chi connectivity index (χ2v) is 7.19. The third-order valence-corrected chi connectivity index (χ3v) is 5.32. The van der Waals surface area contributed by atoms with Gasteiger partial charge in [-0.2, -0.15) is 0 Å². The minimum atomic E-state index is -0.572. The van der Waals surface area contributed by atoms with E-state index in [0.717, 1.165) is 16.0 Å². The Morgan fingerprint density at radius 2 is 1.67 bits per heavy atom. The van der Waals surface area contributed by atoms with Crippen LogP contribution in [0.3, 0.4) is 0 Å². The topological polar surface area (TPSA) is 93.9 Å². The van der Waals surface area contributed by atoms with Gasteiger partial charge in [-0.05, 0) is 37.1 Å². The highest BCUT2D eigenvalue weighted by atomic mass is 16.5. The molecule has 0 spiro atoms. The van der Waals surface area contributed by atoms with E-state index in [0.29, 0.717) is 27.7 Å². The number of rotatable bonds is 5. The van der Waals surface area contributed by atoms with Crippen molar-refractivity contribution >= 4 is 28.8 Å². The molecule has 3 aromatic rings. The van der Waals surface area contributed by atoms with Gasteiger partial charge in [0.05, 0.1) is 17.5 Å². The first-order valence-corrected chi connectivity index (χ1v) is 9.50. The Morgan fingerprint density at radius 1 is 1.00 bits per heavy atom. The lowest BCUT2D eigenvalue weighted by Gasteiger charge is -2.13. The SMILES string of the molecule is Cc1ccc2c(COC(=O)CCN3C(=O)c4ccccc4C3=O)cc(=O)oc2c1C. The highest BCUT2D eigenvalue weighted by Crippen LogP contribution is 2.24. The van der Waals surface area contributed by atoms with E-state index in [4.69, 9.17) is 9.15 Å². The summed E-state index contributed by atoms with van der Waals surface area (Å²) >= 11 is 0. The Bertz CT molecular complexity index is 1220. The minimum absolute atomic E-state index is 0.0683. The van der Waals surface area contributed by atoms with Crippen molar-refractivity contribution in [3.05, 3.63) is 80.7 Å². The summed E-state index contributed by atoms with van der Waals surface area (Å²) in [6.07, 6.45) is -0.136. The lowest BCUT2D eigenvalue weighted by molar-refractivity contribution is -0.145. The quantitative estimate of drug-likeness (QED) is 0.368. The monoisotopic (exact) mass is 405 g/mol. The van der Waals surface area contributed by atoms with Crippen LogP contribution < -0.4 is 5.63 Å². The van der Waals surface area contributed by atoms with Gasteiger partial charge in [0.2, 0.25) is 0 Å². The van der Waals surface area contributed by atoms with E-state index in [1.54, 1.807) is 24.3 Å². The van der Waals surface area contributed by atoms with Crippen molar-refractivity contribution in [2.24, 2.45) is 0 Å². The molecule has 0 radical (unpaired) electrons. The van der Waals surface area contributed by atoms with Gasteiger partial charge in [-0.15, -0.1) is 0 Å². The number of benzene rings is 2. The molecule has 0 bridgehead atoms. The van der Waals surface area contributed by atoms with Crippen LogP contribution in [-0.4, -0.2) is 29.2 Å². The fourth-order valence-corrected chi connectivity index (χ4v) is 3.52. The Balaban J connectivity index is 1.43. The summed E-state index contributed by atoms with van der Waals surface area (Å²) in [6.45, 7) is 3.60. The second kappa shape index (κ2) is 7.59. The molecule has 7 heteroatoms. The number of carbonyl (C=O) groups is 3. The number of amides is 2. The predicted molar refractivity (Wildman–Crippen MR) is 108 cm³/mol. The van der Waals surface area contributed by atoms with Gasteiger partial charge in [-0.3, -0.25) is 19.3 Å². The van der Waals surface area contributed by atoms with E-state index < -0.39 is 23.4 Å². The first kappa shape index (κ1) is 19.6. The van der Waals surface area contributed by atoms with Crippen molar-refractivity contribution in [2.45, 2.75) is 26.9 Å². The van der Waals surface area contributed by atoms with Crippen molar-refractivity contribution in [1.82, 2.24) is 4.90 Å². The van der Waals surface area contributed by atoms with Crippen LogP contribution in [0.5, 0.6) is 0 Å². The molecule has 0 unspecified atom stereocenters. The van der Waals surface area contributed by atoms with Crippen LogP contribution in [0.15, 0.2) is 51.7 Å². The molecule has 1 aliphatic heterocycles. The number of esters is 1. The highest BCUT2D eigenvalue weighted by molar-refractivity contribution is 6.21. The highest BCUT2D eigenvalue weighted by Gasteiger charge is 2.35. The summed E-state index contributed by atoms with van der Waals surface area (Å²) < 4.78 is 10.6. The number of imide groups is 1. The zero-order valence-corrected chi connectivity index (χ0v) is 16.6. The Kier molecular flexibility index (Phi) is 4.95. The maximum absolute atomic E-state index is 12.4. The van der Waals surface area contributed by atoms with Crippen LogP contribution in [-0.2, 0) is 16.1 Å². The van der Waals surface area contributed by atoms with E-state index in [-0.39, 0.29) is 19.6 Å². The minimum Gasteiger partial charge on any atom is -0.461 e. The number of ether oxygens (including phenoxy) is 1. The normalized spacial score (nSPS) is 13.1. The fourth-order valence-electron chi connectivity index (χ4n) is 3.52. The Morgan fingerprint density at radius 3 is 2.33 bits per heavy atom. The van der Waals surface area contributed by atoms with Crippen molar-refractivity contribution in [2.75, 3.05) is 6.54 Å². The van der Waals surface area contributed by atoms with Crippen LogP contribution in [0, 0.1) is 13.8 Å². The van der Waals surface area contributed by atoms with Gasteiger partial charge in [-0.25, -0.2) is 4.79 Å². The molecular formula is C23H19NO6. The molecule has 7 nitrogen and oxygen atoms in total.